The van der Waals surface area contributed by atoms with Crippen molar-refractivity contribution in [3.8, 4) is 11.8 Å². The van der Waals surface area contributed by atoms with E-state index in [1.54, 1.807) is 34.6 Å². The third-order valence-electron chi connectivity index (χ3n) is 7.17. The molecule has 1 heterocycles. The third kappa shape index (κ3) is 5.78. The van der Waals surface area contributed by atoms with E-state index in [9.17, 15) is 13.2 Å². The molecule has 2 N–H and O–H groups in total. The van der Waals surface area contributed by atoms with E-state index in [0.717, 1.165) is 39.2 Å². The number of benzene rings is 3. The Morgan fingerprint density at radius 2 is 1.95 bits per heavy atom. The molecule has 1 aliphatic carbocycles. The number of aromatic nitrogens is 1. The number of carbonyl (C=O) groups is 1. The van der Waals surface area contributed by atoms with Crippen LogP contribution in [0.4, 0.5) is 0 Å². The lowest BCUT2D eigenvalue weighted by Gasteiger charge is -2.29. The van der Waals surface area contributed by atoms with Crippen LogP contribution in [0.3, 0.4) is 0 Å². The van der Waals surface area contributed by atoms with Crippen molar-refractivity contribution in [2.75, 3.05) is 13.2 Å². The fraction of sp³-hybridized carbons (Fsp3) is 0.226. The summed E-state index contributed by atoms with van der Waals surface area (Å²) in [5.41, 5.74) is 4.77. The van der Waals surface area contributed by atoms with Crippen molar-refractivity contribution >= 4 is 33.0 Å². The predicted molar refractivity (Wildman–Crippen MR) is 152 cm³/mol. The number of rotatable bonds is 11. The number of carboxylic acid groups (broad SMARTS) is 1. The van der Waals surface area contributed by atoms with Crippen LogP contribution >= 0.6 is 0 Å². The van der Waals surface area contributed by atoms with Crippen LogP contribution in [-0.4, -0.2) is 41.9 Å². The van der Waals surface area contributed by atoms with Gasteiger partial charge in [-0.2, -0.15) is 9.57 Å². The summed E-state index contributed by atoms with van der Waals surface area (Å²) in [7, 11) is -3.88. The molecule has 0 saturated carbocycles. The largest absolute Gasteiger partial charge is 0.493 e. The molecule has 1 unspecified atom stereocenters. The smallest absolute Gasteiger partial charge is 0.328 e. The summed E-state index contributed by atoms with van der Waals surface area (Å²) < 4.78 is 35.4. The minimum absolute atomic E-state index is 0.175. The Morgan fingerprint density at radius 1 is 1.15 bits per heavy atom. The van der Waals surface area contributed by atoms with E-state index in [2.05, 4.69) is 4.98 Å². The van der Waals surface area contributed by atoms with Gasteiger partial charge in [0.15, 0.2) is 0 Å². The average molecular weight is 556 g/mol. The summed E-state index contributed by atoms with van der Waals surface area (Å²) in [5.74, 6) is -0.512. The molecular formula is C31H29N3O5S. The molecule has 5 rings (SSSR count). The summed E-state index contributed by atoms with van der Waals surface area (Å²) in [5, 5.41) is 18.8. The Kier molecular flexibility index (Phi) is 8.01. The second-order valence-corrected chi connectivity index (χ2v) is 11.5. The molecule has 1 aliphatic rings. The molecular weight excluding hydrogens is 526 g/mol. The van der Waals surface area contributed by atoms with Crippen LogP contribution in [-0.2, 0) is 27.7 Å². The maximum Gasteiger partial charge on any atom is 0.328 e. The summed E-state index contributed by atoms with van der Waals surface area (Å²) in [6, 6.07) is 21.6. The van der Waals surface area contributed by atoms with Gasteiger partial charge in [-0.1, -0.05) is 36.4 Å². The van der Waals surface area contributed by atoms with E-state index >= 15 is 0 Å². The Balaban J connectivity index is 1.46. The number of fused-ring (bicyclic) bond motifs is 2. The highest BCUT2D eigenvalue weighted by molar-refractivity contribution is 7.89. The van der Waals surface area contributed by atoms with Crippen LogP contribution in [0.25, 0.3) is 17.0 Å². The second-order valence-electron chi connectivity index (χ2n) is 9.64. The van der Waals surface area contributed by atoms with Crippen LogP contribution in [0.15, 0.2) is 83.9 Å². The highest BCUT2D eigenvalue weighted by atomic mass is 32.2. The Hall–Kier alpha value is -4.39. The molecule has 9 heteroatoms. The number of aliphatic carboxylic acids is 1. The van der Waals surface area contributed by atoms with Crippen LogP contribution in [0.5, 0.6) is 5.75 Å². The number of hydrogen-bond acceptors (Lipinski definition) is 5. The van der Waals surface area contributed by atoms with Gasteiger partial charge in [-0.15, -0.1) is 0 Å². The van der Waals surface area contributed by atoms with Crippen molar-refractivity contribution in [1.29, 1.82) is 5.26 Å². The lowest BCUT2D eigenvalue weighted by Crippen LogP contribution is -2.35. The summed E-state index contributed by atoms with van der Waals surface area (Å²) in [6.07, 6.45) is 6.68. The molecule has 4 aromatic rings. The summed E-state index contributed by atoms with van der Waals surface area (Å²) >= 11 is 0. The van der Waals surface area contributed by atoms with Gasteiger partial charge in [0, 0.05) is 29.7 Å². The van der Waals surface area contributed by atoms with Crippen molar-refractivity contribution in [1.82, 2.24) is 9.29 Å². The van der Waals surface area contributed by atoms with E-state index in [1.165, 1.54) is 0 Å². The zero-order valence-electron chi connectivity index (χ0n) is 21.8. The molecule has 0 radical (unpaired) electrons. The Labute approximate surface area is 233 Å². The first-order valence-electron chi connectivity index (χ1n) is 13.1. The second kappa shape index (κ2) is 11.8. The van der Waals surface area contributed by atoms with Crippen molar-refractivity contribution in [3.05, 3.63) is 101 Å². The molecule has 1 atom stereocenters. The standard InChI is InChI=1S/C31H29N3O5S/c32-17-3-19-39-25-9-11-26(12-10-25)40(37,38)34(18-16-24-21-33-29-5-2-1-4-27(24)29)30-14-8-23-20-22(6-13-28(23)30)7-15-31(35)36/h1-2,4-7,9-13,15,20-21,30,33H,3,8,14,16,18-19H2,(H,35,36). The highest BCUT2D eigenvalue weighted by Gasteiger charge is 2.36. The van der Waals surface area contributed by atoms with Crippen LogP contribution < -0.4 is 4.74 Å². The number of sulfonamides is 1. The zero-order chi connectivity index (χ0) is 28.1. The van der Waals surface area contributed by atoms with Crippen molar-refractivity contribution in [2.24, 2.45) is 0 Å². The molecule has 1 aromatic heterocycles. The van der Waals surface area contributed by atoms with Gasteiger partial charge in [-0.25, -0.2) is 13.2 Å². The van der Waals surface area contributed by atoms with Crippen molar-refractivity contribution < 1.29 is 23.1 Å². The fourth-order valence-electron chi connectivity index (χ4n) is 5.26. The number of nitriles is 1. The molecule has 0 saturated heterocycles. The minimum Gasteiger partial charge on any atom is -0.493 e. The molecule has 0 fully saturated rings. The highest BCUT2D eigenvalue weighted by Crippen LogP contribution is 2.40. The number of H-pyrrole nitrogens is 1. The van der Waals surface area contributed by atoms with Gasteiger partial charge in [0.1, 0.15) is 12.4 Å². The monoisotopic (exact) mass is 555 g/mol. The number of nitrogens with one attached hydrogen (secondary N) is 1. The fourth-order valence-corrected chi connectivity index (χ4v) is 6.89. The molecule has 0 spiro atoms. The van der Waals surface area contributed by atoms with Gasteiger partial charge < -0.3 is 14.8 Å². The number of para-hydroxylation sites is 1. The van der Waals surface area contributed by atoms with E-state index in [0.29, 0.717) is 25.0 Å². The first-order valence-corrected chi connectivity index (χ1v) is 14.5. The normalized spacial score (nSPS) is 14.9. The number of aryl methyl sites for hydroxylation is 1. The van der Waals surface area contributed by atoms with Gasteiger partial charge in [-0.3, -0.25) is 0 Å². The molecule has 0 aliphatic heterocycles. The summed E-state index contributed by atoms with van der Waals surface area (Å²) in [4.78, 5) is 14.4. The van der Waals surface area contributed by atoms with E-state index < -0.39 is 16.0 Å². The number of carboxylic acids is 1. The van der Waals surface area contributed by atoms with Gasteiger partial charge >= 0.3 is 5.97 Å². The van der Waals surface area contributed by atoms with Gasteiger partial charge in [0.25, 0.3) is 0 Å². The molecule has 0 amide bonds. The van der Waals surface area contributed by atoms with Gasteiger partial charge in [0.2, 0.25) is 10.0 Å². The van der Waals surface area contributed by atoms with E-state index in [4.69, 9.17) is 15.1 Å². The van der Waals surface area contributed by atoms with Crippen LogP contribution in [0.2, 0.25) is 0 Å². The predicted octanol–water partition coefficient (Wildman–Crippen LogP) is 5.48. The topological polar surface area (TPSA) is 123 Å². The quantitative estimate of drug-likeness (QED) is 0.187. The van der Waals surface area contributed by atoms with Crippen molar-refractivity contribution in [3.63, 3.8) is 0 Å². The maximum atomic E-state index is 14.1. The van der Waals surface area contributed by atoms with Gasteiger partial charge in [-0.05, 0) is 77.9 Å². The Morgan fingerprint density at radius 3 is 2.73 bits per heavy atom. The third-order valence-corrected chi connectivity index (χ3v) is 9.09. The molecule has 3 aromatic carbocycles. The number of ether oxygens (including phenoxy) is 1. The van der Waals surface area contributed by atoms with Gasteiger partial charge in [0.05, 0.1) is 23.4 Å². The first-order chi connectivity index (χ1) is 19.4. The SMILES string of the molecule is N#CCCOc1ccc(S(=O)(=O)N(CCc2c[nH]c3ccccc23)C2CCc3cc(C=CC(=O)O)ccc32)cc1. The van der Waals surface area contributed by atoms with Crippen LogP contribution in [0.1, 0.15) is 41.1 Å². The minimum atomic E-state index is -3.88. The van der Waals surface area contributed by atoms with E-state index in [1.807, 2.05) is 54.7 Å². The maximum absolute atomic E-state index is 14.1. The average Bonchev–Trinajstić information content (AvgIpc) is 3.56. The first kappa shape index (κ1) is 27.2. The number of hydrogen-bond donors (Lipinski definition) is 2. The number of aromatic amines is 1. The molecule has 204 valence electrons. The Bertz CT molecular complexity index is 1700. The van der Waals surface area contributed by atoms with E-state index in [-0.39, 0.29) is 30.5 Å². The number of nitrogens with zero attached hydrogens (tertiary/aromatic N) is 2. The lowest BCUT2D eigenvalue weighted by molar-refractivity contribution is -0.131. The molecule has 8 nitrogen and oxygen atoms in total. The lowest BCUT2D eigenvalue weighted by atomic mass is 10.0. The molecule has 0 bridgehead atoms. The van der Waals surface area contributed by atoms with Crippen LogP contribution in [0, 0.1) is 11.3 Å². The zero-order valence-corrected chi connectivity index (χ0v) is 22.6. The molecule has 40 heavy (non-hydrogen) atoms. The van der Waals surface area contributed by atoms with Crippen molar-refractivity contribution in [2.45, 2.75) is 36.6 Å². The summed E-state index contributed by atoms with van der Waals surface area (Å²) in [6.45, 7) is 0.525.